The minimum absolute atomic E-state index is 0.195. The van der Waals surface area contributed by atoms with E-state index in [1.54, 1.807) is 24.3 Å². The molecule has 5 heteroatoms. The molecule has 0 aliphatic carbocycles. The Morgan fingerprint density at radius 2 is 1.89 bits per heavy atom. The van der Waals surface area contributed by atoms with Gasteiger partial charge in [0.2, 0.25) is 11.8 Å². The SMILES string of the molecule is CCCC(N)C(=O)Nc1ccc(CC(N)=O)cc1. The third-order valence-electron chi connectivity index (χ3n) is 2.54. The molecule has 0 aliphatic rings. The van der Waals surface area contributed by atoms with Gasteiger partial charge in [-0.2, -0.15) is 0 Å². The Kier molecular flexibility index (Phi) is 5.32. The van der Waals surface area contributed by atoms with E-state index in [1.807, 2.05) is 6.92 Å². The number of anilines is 1. The second kappa shape index (κ2) is 6.76. The zero-order valence-corrected chi connectivity index (χ0v) is 10.5. The van der Waals surface area contributed by atoms with E-state index in [0.29, 0.717) is 12.1 Å². The van der Waals surface area contributed by atoms with Gasteiger partial charge < -0.3 is 16.8 Å². The first-order chi connectivity index (χ1) is 8.52. The van der Waals surface area contributed by atoms with Crippen molar-refractivity contribution in [1.29, 1.82) is 0 Å². The molecule has 0 aliphatic heterocycles. The Labute approximate surface area is 107 Å². The van der Waals surface area contributed by atoms with Crippen LogP contribution in [0.25, 0.3) is 0 Å². The van der Waals surface area contributed by atoms with E-state index in [4.69, 9.17) is 11.5 Å². The topological polar surface area (TPSA) is 98.2 Å². The van der Waals surface area contributed by atoms with Gasteiger partial charge in [0.15, 0.2) is 0 Å². The van der Waals surface area contributed by atoms with Crippen LogP contribution in [0.3, 0.4) is 0 Å². The summed E-state index contributed by atoms with van der Waals surface area (Å²) in [7, 11) is 0. The van der Waals surface area contributed by atoms with Crippen molar-refractivity contribution in [2.24, 2.45) is 11.5 Å². The molecule has 1 unspecified atom stereocenters. The van der Waals surface area contributed by atoms with Crippen LogP contribution in [0.2, 0.25) is 0 Å². The molecule has 0 radical (unpaired) electrons. The van der Waals surface area contributed by atoms with Crippen LogP contribution in [-0.4, -0.2) is 17.9 Å². The highest BCUT2D eigenvalue weighted by Crippen LogP contribution is 2.10. The maximum absolute atomic E-state index is 11.7. The number of amides is 2. The zero-order chi connectivity index (χ0) is 13.5. The van der Waals surface area contributed by atoms with Crippen molar-refractivity contribution < 1.29 is 9.59 Å². The standard InChI is InChI=1S/C13H19N3O2/c1-2-3-11(14)13(18)16-10-6-4-9(5-7-10)8-12(15)17/h4-7,11H,2-3,8,14H2,1H3,(H2,15,17)(H,16,18). The summed E-state index contributed by atoms with van der Waals surface area (Å²) >= 11 is 0. The highest BCUT2D eigenvalue weighted by Gasteiger charge is 2.12. The molecule has 0 spiro atoms. The Morgan fingerprint density at radius 3 is 2.39 bits per heavy atom. The Bertz CT molecular complexity index is 415. The van der Waals surface area contributed by atoms with Crippen LogP contribution in [0.5, 0.6) is 0 Å². The minimum Gasteiger partial charge on any atom is -0.369 e. The summed E-state index contributed by atoms with van der Waals surface area (Å²) in [5.41, 5.74) is 12.3. The molecule has 0 saturated heterocycles. The number of nitrogens with two attached hydrogens (primary N) is 2. The Balaban J connectivity index is 2.58. The van der Waals surface area contributed by atoms with Gasteiger partial charge in [0.25, 0.3) is 0 Å². The maximum atomic E-state index is 11.7. The molecule has 0 saturated carbocycles. The van der Waals surface area contributed by atoms with Crippen molar-refractivity contribution in [3.8, 4) is 0 Å². The summed E-state index contributed by atoms with van der Waals surface area (Å²) in [6.45, 7) is 1.98. The van der Waals surface area contributed by atoms with Gasteiger partial charge in [0.1, 0.15) is 0 Å². The summed E-state index contributed by atoms with van der Waals surface area (Å²) in [6.07, 6.45) is 1.72. The van der Waals surface area contributed by atoms with Crippen molar-refractivity contribution >= 4 is 17.5 Å². The molecule has 98 valence electrons. The molecule has 0 bridgehead atoms. The number of hydrogen-bond acceptors (Lipinski definition) is 3. The van der Waals surface area contributed by atoms with E-state index >= 15 is 0 Å². The van der Waals surface area contributed by atoms with Crippen molar-refractivity contribution in [3.63, 3.8) is 0 Å². The Morgan fingerprint density at radius 1 is 1.28 bits per heavy atom. The van der Waals surface area contributed by atoms with Crippen LogP contribution in [0.4, 0.5) is 5.69 Å². The third-order valence-corrected chi connectivity index (χ3v) is 2.54. The van der Waals surface area contributed by atoms with E-state index in [9.17, 15) is 9.59 Å². The molecule has 1 aromatic rings. The highest BCUT2D eigenvalue weighted by atomic mass is 16.2. The van der Waals surface area contributed by atoms with E-state index in [-0.39, 0.29) is 18.2 Å². The van der Waals surface area contributed by atoms with Crippen LogP contribution in [-0.2, 0) is 16.0 Å². The number of carbonyl (C=O) groups is 2. The summed E-state index contributed by atoms with van der Waals surface area (Å²) in [6, 6.07) is 6.49. The van der Waals surface area contributed by atoms with Gasteiger partial charge in [-0.15, -0.1) is 0 Å². The summed E-state index contributed by atoms with van der Waals surface area (Å²) < 4.78 is 0. The maximum Gasteiger partial charge on any atom is 0.241 e. The van der Waals surface area contributed by atoms with E-state index < -0.39 is 6.04 Å². The first-order valence-electron chi connectivity index (χ1n) is 5.96. The number of hydrogen-bond donors (Lipinski definition) is 3. The largest absolute Gasteiger partial charge is 0.369 e. The van der Waals surface area contributed by atoms with E-state index in [0.717, 1.165) is 12.0 Å². The van der Waals surface area contributed by atoms with Gasteiger partial charge in [0.05, 0.1) is 12.5 Å². The lowest BCUT2D eigenvalue weighted by Crippen LogP contribution is -2.35. The van der Waals surface area contributed by atoms with Crippen LogP contribution in [0.15, 0.2) is 24.3 Å². The smallest absolute Gasteiger partial charge is 0.241 e. The minimum atomic E-state index is -0.486. The van der Waals surface area contributed by atoms with Gasteiger partial charge >= 0.3 is 0 Å². The summed E-state index contributed by atoms with van der Waals surface area (Å²) in [4.78, 5) is 22.4. The monoisotopic (exact) mass is 249 g/mol. The molecule has 18 heavy (non-hydrogen) atoms. The zero-order valence-electron chi connectivity index (χ0n) is 10.5. The lowest BCUT2D eigenvalue weighted by Gasteiger charge is -2.11. The quantitative estimate of drug-likeness (QED) is 0.694. The fourth-order valence-electron chi connectivity index (χ4n) is 1.58. The molecule has 1 aromatic carbocycles. The lowest BCUT2D eigenvalue weighted by molar-refractivity contribution is -0.118. The van der Waals surface area contributed by atoms with Crippen molar-refractivity contribution in [1.82, 2.24) is 0 Å². The predicted octanol–water partition coefficient (Wildman–Crippen LogP) is 0.780. The van der Waals surface area contributed by atoms with Crippen LogP contribution >= 0.6 is 0 Å². The van der Waals surface area contributed by atoms with Gasteiger partial charge in [0, 0.05) is 5.69 Å². The first kappa shape index (κ1) is 14.2. The van der Waals surface area contributed by atoms with E-state index in [1.165, 1.54) is 0 Å². The second-order valence-corrected chi connectivity index (χ2v) is 4.22. The third kappa shape index (κ3) is 4.55. The predicted molar refractivity (Wildman–Crippen MR) is 70.9 cm³/mol. The average Bonchev–Trinajstić information content (AvgIpc) is 2.31. The molecule has 0 heterocycles. The van der Waals surface area contributed by atoms with Gasteiger partial charge in [-0.25, -0.2) is 0 Å². The van der Waals surface area contributed by atoms with E-state index in [2.05, 4.69) is 5.32 Å². The molecular weight excluding hydrogens is 230 g/mol. The van der Waals surface area contributed by atoms with Crippen LogP contribution in [0, 0.1) is 0 Å². The molecule has 2 amide bonds. The van der Waals surface area contributed by atoms with Gasteiger partial charge in [-0.1, -0.05) is 25.5 Å². The molecule has 5 nitrogen and oxygen atoms in total. The van der Waals surface area contributed by atoms with Crippen molar-refractivity contribution in [2.75, 3.05) is 5.32 Å². The molecular formula is C13H19N3O2. The fraction of sp³-hybridized carbons (Fsp3) is 0.385. The number of primary amides is 1. The first-order valence-corrected chi connectivity index (χ1v) is 5.96. The fourth-order valence-corrected chi connectivity index (χ4v) is 1.58. The Hall–Kier alpha value is -1.88. The van der Waals surface area contributed by atoms with Gasteiger partial charge in [-0.05, 0) is 24.1 Å². The highest BCUT2D eigenvalue weighted by molar-refractivity contribution is 5.94. The second-order valence-electron chi connectivity index (χ2n) is 4.22. The molecule has 1 rings (SSSR count). The van der Waals surface area contributed by atoms with Crippen molar-refractivity contribution in [2.45, 2.75) is 32.2 Å². The average molecular weight is 249 g/mol. The lowest BCUT2D eigenvalue weighted by atomic mass is 10.1. The molecule has 0 aromatic heterocycles. The number of carbonyl (C=O) groups excluding carboxylic acids is 2. The van der Waals surface area contributed by atoms with Crippen LogP contribution in [0.1, 0.15) is 25.3 Å². The van der Waals surface area contributed by atoms with Gasteiger partial charge in [-0.3, -0.25) is 9.59 Å². The van der Waals surface area contributed by atoms with Crippen molar-refractivity contribution in [3.05, 3.63) is 29.8 Å². The number of rotatable bonds is 6. The molecule has 1 atom stereocenters. The molecule has 5 N–H and O–H groups in total. The molecule has 0 fully saturated rings. The number of benzene rings is 1. The number of nitrogens with one attached hydrogen (secondary N) is 1. The summed E-state index contributed by atoms with van der Waals surface area (Å²) in [5, 5.41) is 2.73. The van der Waals surface area contributed by atoms with Crippen LogP contribution < -0.4 is 16.8 Å². The normalized spacial score (nSPS) is 11.9. The summed E-state index contributed by atoms with van der Waals surface area (Å²) in [5.74, 6) is -0.573.